The number of benzene rings is 1. The van der Waals surface area contributed by atoms with Gasteiger partial charge in [-0.05, 0) is 49.8 Å². The Kier molecular flexibility index (Phi) is 6.38. The van der Waals surface area contributed by atoms with Crippen LogP contribution in [0, 0.1) is 23.2 Å². The molecule has 2 radical (unpaired) electrons. The molecule has 0 amide bonds. The van der Waals surface area contributed by atoms with Crippen LogP contribution in [-0.4, -0.2) is 79.0 Å². The minimum Gasteiger partial charge on any atom is -0.504 e. The Morgan fingerprint density at radius 2 is 1.85 bits per heavy atom. The number of anilines is 1. The summed E-state index contributed by atoms with van der Waals surface area (Å²) in [6.07, 6.45) is 5.68. The number of esters is 1. The first kappa shape index (κ1) is 26.1. The molecule has 8 heteroatoms. The van der Waals surface area contributed by atoms with Crippen molar-refractivity contribution in [2.75, 3.05) is 44.8 Å². The number of fused-ring (bicyclic) bond motifs is 4. The summed E-state index contributed by atoms with van der Waals surface area (Å²) in [5, 5.41) is 22.3. The summed E-state index contributed by atoms with van der Waals surface area (Å²) in [4.78, 5) is 31.6. The molecular formula is C31H36N2O6. The monoisotopic (exact) mass is 532 g/mol. The number of allylic oxidation sites excluding steroid dienone is 1. The quantitative estimate of drug-likeness (QED) is 0.451. The molecule has 2 aliphatic heterocycles. The van der Waals surface area contributed by atoms with E-state index in [9.17, 15) is 19.8 Å². The maximum atomic E-state index is 13.8. The van der Waals surface area contributed by atoms with Crippen molar-refractivity contribution in [1.82, 2.24) is 4.90 Å². The molecular weight excluding hydrogens is 496 g/mol. The number of aliphatic hydroxyl groups excluding tert-OH is 2. The average Bonchev–Trinajstić information content (AvgIpc) is 3.25. The van der Waals surface area contributed by atoms with Crippen LogP contribution in [0.4, 0.5) is 5.69 Å². The van der Waals surface area contributed by atoms with Crippen molar-refractivity contribution in [3.63, 3.8) is 0 Å². The van der Waals surface area contributed by atoms with E-state index in [1.54, 1.807) is 13.3 Å². The van der Waals surface area contributed by atoms with E-state index in [0.29, 0.717) is 49.1 Å². The van der Waals surface area contributed by atoms with Crippen molar-refractivity contribution >= 4 is 17.4 Å². The van der Waals surface area contributed by atoms with Crippen molar-refractivity contribution in [2.45, 2.75) is 45.3 Å². The zero-order valence-corrected chi connectivity index (χ0v) is 22.8. The summed E-state index contributed by atoms with van der Waals surface area (Å²) in [7, 11) is 1.54. The zero-order chi connectivity index (χ0) is 27.5. The molecule has 1 aromatic rings. The molecule has 1 unspecified atom stereocenters. The highest BCUT2D eigenvalue weighted by atomic mass is 16.6. The first-order chi connectivity index (χ1) is 18.7. The number of methoxy groups -OCH3 is 1. The number of ketones is 1. The van der Waals surface area contributed by atoms with Gasteiger partial charge in [-0.1, -0.05) is 25.1 Å². The molecule has 0 aromatic heterocycles. The second-order valence-corrected chi connectivity index (χ2v) is 11.8. The van der Waals surface area contributed by atoms with Gasteiger partial charge in [0.15, 0.2) is 5.76 Å². The molecule has 5 aliphatic rings. The van der Waals surface area contributed by atoms with Gasteiger partial charge >= 0.3 is 5.97 Å². The van der Waals surface area contributed by atoms with E-state index in [-0.39, 0.29) is 18.1 Å². The summed E-state index contributed by atoms with van der Waals surface area (Å²) in [6.45, 7) is 6.92. The fourth-order valence-corrected chi connectivity index (χ4v) is 7.37. The van der Waals surface area contributed by atoms with E-state index in [1.807, 2.05) is 32.0 Å². The number of piperazine rings is 1. The topological polar surface area (TPSA) is 99.5 Å². The molecule has 0 bridgehead atoms. The number of para-hydroxylation sites is 1. The Bertz CT molecular complexity index is 1280. The van der Waals surface area contributed by atoms with Gasteiger partial charge in [0.25, 0.3) is 0 Å². The summed E-state index contributed by atoms with van der Waals surface area (Å²) < 4.78 is 11.4. The molecule has 206 valence electrons. The van der Waals surface area contributed by atoms with Crippen LogP contribution >= 0.6 is 0 Å². The second-order valence-electron chi connectivity index (χ2n) is 11.8. The van der Waals surface area contributed by atoms with Crippen molar-refractivity contribution in [3.8, 4) is 0 Å². The third-order valence-electron chi connectivity index (χ3n) is 9.73. The number of cyclic esters (lactones) is 1. The van der Waals surface area contributed by atoms with Crippen LogP contribution in [0.3, 0.4) is 0 Å². The van der Waals surface area contributed by atoms with Gasteiger partial charge in [-0.25, -0.2) is 4.79 Å². The summed E-state index contributed by atoms with van der Waals surface area (Å²) in [6, 6.07) is 10.2. The third-order valence-corrected chi connectivity index (χ3v) is 9.73. The molecule has 0 spiro atoms. The fourth-order valence-electron chi connectivity index (χ4n) is 7.37. The van der Waals surface area contributed by atoms with Crippen LogP contribution in [-0.2, 0) is 19.1 Å². The normalized spacial score (nSPS) is 35.7. The largest absolute Gasteiger partial charge is 0.504 e. The number of carbonyl (C=O) groups excluding carboxylic acids is 2. The number of rotatable bonds is 4. The van der Waals surface area contributed by atoms with E-state index >= 15 is 0 Å². The molecule has 2 heterocycles. The van der Waals surface area contributed by atoms with Gasteiger partial charge in [-0.15, -0.1) is 0 Å². The molecule has 6 rings (SSSR count). The number of Topliss-reactive ketones (excluding diaryl/α,β-unsaturated/α-hetero) is 1. The van der Waals surface area contributed by atoms with Crippen molar-refractivity contribution in [2.24, 2.45) is 16.7 Å². The van der Waals surface area contributed by atoms with Crippen LogP contribution in [0.5, 0.6) is 0 Å². The van der Waals surface area contributed by atoms with Crippen molar-refractivity contribution in [1.29, 1.82) is 0 Å². The SMILES string of the molecule is COC[C@H]1OC(=O)/C(=C/N2CCN(c3ccccc3)CC2)C2=C(O)C(=O)C3=C([C]C[C@@]4(C)C3CC[C@@H]4O)[C@]21C. The minimum absolute atomic E-state index is 0.110. The lowest BCUT2D eigenvalue weighted by Crippen LogP contribution is -2.54. The molecule has 8 nitrogen and oxygen atoms in total. The second kappa shape index (κ2) is 9.52. The van der Waals surface area contributed by atoms with Crippen LogP contribution in [0.15, 0.2) is 64.6 Å². The standard InChI is InChI=1S/C31H36N2O6/c1-30-12-11-22-25(21(30)9-10-23(30)34)27(35)28(36)26-20(29(37)39-24(18-38-3)31(22,26)2)17-32-13-15-33(16-14-32)19-7-5-4-6-8-19/h4-8,17,21,23-24,34,36H,9-10,12-16,18H2,1-3H3/b20-17+/t21?,23-,24+,30-,31-/m0/s1. The first-order valence-electron chi connectivity index (χ1n) is 13.8. The third kappa shape index (κ3) is 3.86. The fraction of sp³-hybridized carbons (Fsp3) is 0.516. The zero-order valence-electron chi connectivity index (χ0n) is 22.8. The van der Waals surface area contributed by atoms with Crippen LogP contribution in [0.25, 0.3) is 0 Å². The molecule has 2 saturated heterocycles. The lowest BCUT2D eigenvalue weighted by molar-refractivity contribution is -0.156. The summed E-state index contributed by atoms with van der Waals surface area (Å²) in [5.41, 5.74) is 1.31. The van der Waals surface area contributed by atoms with Gasteiger partial charge in [-0.2, -0.15) is 0 Å². The molecule has 1 saturated carbocycles. The molecule has 39 heavy (non-hydrogen) atoms. The predicted octanol–water partition coefficient (Wildman–Crippen LogP) is 3.22. The van der Waals surface area contributed by atoms with Crippen LogP contribution in [0.2, 0.25) is 0 Å². The van der Waals surface area contributed by atoms with Crippen LogP contribution < -0.4 is 4.90 Å². The number of hydrogen-bond donors (Lipinski definition) is 2. The average molecular weight is 533 g/mol. The highest BCUT2D eigenvalue weighted by molar-refractivity contribution is 6.13. The van der Waals surface area contributed by atoms with Gasteiger partial charge in [0.1, 0.15) is 6.10 Å². The number of carbonyl (C=O) groups is 2. The van der Waals surface area contributed by atoms with E-state index in [1.165, 1.54) is 0 Å². The number of ether oxygens (including phenoxy) is 2. The Morgan fingerprint density at radius 3 is 2.54 bits per heavy atom. The Morgan fingerprint density at radius 1 is 1.13 bits per heavy atom. The predicted molar refractivity (Wildman–Crippen MR) is 145 cm³/mol. The highest BCUT2D eigenvalue weighted by Gasteiger charge is 2.61. The maximum absolute atomic E-state index is 13.8. The summed E-state index contributed by atoms with van der Waals surface area (Å²) >= 11 is 0. The van der Waals surface area contributed by atoms with E-state index in [0.717, 1.165) is 18.8 Å². The smallest absolute Gasteiger partial charge is 0.340 e. The lowest BCUT2D eigenvalue weighted by atomic mass is 9.54. The Balaban J connectivity index is 1.38. The van der Waals surface area contributed by atoms with Crippen molar-refractivity contribution < 1.29 is 29.3 Å². The van der Waals surface area contributed by atoms with E-state index in [2.05, 4.69) is 28.4 Å². The molecule has 3 fully saturated rings. The van der Waals surface area contributed by atoms with Gasteiger partial charge in [0.2, 0.25) is 5.78 Å². The number of nitrogens with zero attached hydrogens (tertiary/aromatic N) is 2. The lowest BCUT2D eigenvalue weighted by Gasteiger charge is -2.52. The maximum Gasteiger partial charge on any atom is 0.340 e. The summed E-state index contributed by atoms with van der Waals surface area (Å²) in [5.74, 6) is -1.65. The number of aliphatic hydroxyl groups is 2. The van der Waals surface area contributed by atoms with E-state index < -0.39 is 40.5 Å². The van der Waals surface area contributed by atoms with Gasteiger partial charge in [-0.3, -0.25) is 4.79 Å². The van der Waals surface area contributed by atoms with Gasteiger partial charge in [0, 0.05) is 68.2 Å². The minimum atomic E-state index is -1.01. The molecule has 2 N–H and O–H groups in total. The van der Waals surface area contributed by atoms with Gasteiger partial charge < -0.3 is 29.5 Å². The van der Waals surface area contributed by atoms with Crippen molar-refractivity contribution in [3.05, 3.63) is 71.0 Å². The van der Waals surface area contributed by atoms with Gasteiger partial charge in [0.05, 0.1) is 23.7 Å². The first-order valence-corrected chi connectivity index (χ1v) is 13.8. The van der Waals surface area contributed by atoms with E-state index in [4.69, 9.17) is 9.47 Å². The Labute approximate surface area is 229 Å². The molecule has 1 aromatic carbocycles. The highest BCUT2D eigenvalue weighted by Crippen LogP contribution is 2.62. The molecule has 3 aliphatic carbocycles. The molecule has 5 atom stereocenters. The number of hydrogen-bond acceptors (Lipinski definition) is 8. The Hall–Kier alpha value is -3.10. The van der Waals surface area contributed by atoms with Crippen LogP contribution in [0.1, 0.15) is 33.1 Å².